The highest BCUT2D eigenvalue weighted by atomic mass is 32.1. The highest BCUT2D eigenvalue weighted by Gasteiger charge is 2.17. The molecule has 0 fully saturated rings. The van der Waals surface area contributed by atoms with Crippen LogP contribution in [0.25, 0.3) is 21.3 Å². The molecular formula is C22H18F2N2OS. The predicted molar refractivity (Wildman–Crippen MR) is 109 cm³/mol. The maximum Gasteiger partial charge on any atom is 0.263 e. The quantitative estimate of drug-likeness (QED) is 0.452. The molecule has 4 rings (SSSR count). The van der Waals surface area contributed by atoms with Gasteiger partial charge < -0.3 is 0 Å². The predicted octanol–water partition coefficient (Wildman–Crippen LogP) is 5.40. The van der Waals surface area contributed by atoms with Crippen LogP contribution in [0.15, 0.2) is 58.7 Å². The van der Waals surface area contributed by atoms with Crippen molar-refractivity contribution in [2.45, 2.75) is 26.3 Å². The zero-order chi connectivity index (χ0) is 19.7. The smallest absolute Gasteiger partial charge is 0.263 e. The van der Waals surface area contributed by atoms with Crippen LogP contribution in [0.4, 0.5) is 8.78 Å². The second kappa shape index (κ2) is 7.64. The summed E-state index contributed by atoms with van der Waals surface area (Å²) in [4.78, 5) is 18.8. The zero-order valence-corrected chi connectivity index (χ0v) is 16.1. The third-order valence-corrected chi connectivity index (χ3v) is 5.50. The molecule has 0 bridgehead atoms. The summed E-state index contributed by atoms with van der Waals surface area (Å²) in [5, 5.41) is 2.40. The fourth-order valence-electron chi connectivity index (χ4n) is 3.30. The van der Waals surface area contributed by atoms with E-state index in [1.807, 2.05) is 12.3 Å². The number of aromatic nitrogens is 2. The number of halogens is 2. The van der Waals surface area contributed by atoms with Crippen LogP contribution in [0.5, 0.6) is 0 Å². The Balaban J connectivity index is 1.90. The Morgan fingerprint density at radius 1 is 1.07 bits per heavy atom. The van der Waals surface area contributed by atoms with E-state index in [4.69, 9.17) is 4.98 Å². The molecule has 0 aliphatic carbocycles. The Morgan fingerprint density at radius 2 is 1.86 bits per heavy atom. The van der Waals surface area contributed by atoms with E-state index in [9.17, 15) is 13.6 Å². The van der Waals surface area contributed by atoms with Gasteiger partial charge in [0.05, 0.1) is 11.9 Å². The molecule has 0 unspecified atom stereocenters. The number of hydrogen-bond acceptors (Lipinski definition) is 3. The van der Waals surface area contributed by atoms with E-state index in [1.54, 1.807) is 28.8 Å². The Bertz CT molecular complexity index is 1200. The third-order valence-electron chi connectivity index (χ3n) is 4.63. The highest BCUT2D eigenvalue weighted by Crippen LogP contribution is 2.31. The van der Waals surface area contributed by atoms with Gasteiger partial charge in [0.25, 0.3) is 5.56 Å². The standard InChI is InChI=1S/C22H18F2N2OS/c1-2-4-19-25-21-20(18(13-28-21)15-7-9-16(23)10-8-15)22(27)26(19)12-14-5-3-6-17(24)11-14/h3,5-11,13H,2,4,12H2,1H3. The average Bonchev–Trinajstić information content (AvgIpc) is 3.10. The molecule has 0 radical (unpaired) electrons. The molecule has 4 aromatic rings. The van der Waals surface area contributed by atoms with Gasteiger partial charge in [-0.15, -0.1) is 11.3 Å². The second-order valence-corrected chi connectivity index (χ2v) is 7.49. The molecule has 2 aromatic carbocycles. The minimum Gasteiger partial charge on any atom is -0.292 e. The number of aryl methyl sites for hydroxylation is 1. The Morgan fingerprint density at radius 3 is 2.57 bits per heavy atom. The molecule has 0 atom stereocenters. The van der Waals surface area contributed by atoms with Gasteiger partial charge in [0.15, 0.2) is 0 Å². The summed E-state index contributed by atoms with van der Waals surface area (Å²) >= 11 is 1.41. The molecule has 0 aliphatic rings. The molecule has 0 saturated heterocycles. The summed E-state index contributed by atoms with van der Waals surface area (Å²) < 4.78 is 28.5. The second-order valence-electron chi connectivity index (χ2n) is 6.64. The van der Waals surface area contributed by atoms with E-state index in [2.05, 4.69) is 0 Å². The number of thiophene rings is 1. The summed E-state index contributed by atoms with van der Waals surface area (Å²) in [5.74, 6) is 0.0334. The average molecular weight is 396 g/mol. The summed E-state index contributed by atoms with van der Waals surface area (Å²) in [6, 6.07) is 12.3. The molecule has 0 aliphatic heterocycles. The monoisotopic (exact) mass is 396 g/mol. The van der Waals surface area contributed by atoms with Crippen molar-refractivity contribution >= 4 is 21.6 Å². The van der Waals surface area contributed by atoms with Crippen molar-refractivity contribution in [2.24, 2.45) is 0 Å². The van der Waals surface area contributed by atoms with Crippen molar-refractivity contribution in [3.63, 3.8) is 0 Å². The molecular weight excluding hydrogens is 378 g/mol. The summed E-state index contributed by atoms with van der Waals surface area (Å²) in [5.41, 5.74) is 2.07. The van der Waals surface area contributed by atoms with E-state index in [1.165, 1.54) is 35.6 Å². The first kappa shape index (κ1) is 18.5. The van der Waals surface area contributed by atoms with Crippen LogP contribution in [-0.2, 0) is 13.0 Å². The first-order chi connectivity index (χ1) is 13.6. The van der Waals surface area contributed by atoms with E-state index in [0.717, 1.165) is 17.5 Å². The molecule has 6 heteroatoms. The van der Waals surface area contributed by atoms with Crippen LogP contribution in [-0.4, -0.2) is 9.55 Å². The highest BCUT2D eigenvalue weighted by molar-refractivity contribution is 7.17. The molecule has 3 nitrogen and oxygen atoms in total. The van der Waals surface area contributed by atoms with Crippen molar-refractivity contribution in [2.75, 3.05) is 0 Å². The SMILES string of the molecule is CCCc1nc2scc(-c3ccc(F)cc3)c2c(=O)n1Cc1cccc(F)c1. The van der Waals surface area contributed by atoms with Crippen LogP contribution in [0.1, 0.15) is 24.7 Å². The van der Waals surface area contributed by atoms with Crippen LogP contribution in [0.3, 0.4) is 0 Å². The molecule has 142 valence electrons. The first-order valence-corrected chi connectivity index (χ1v) is 9.96. The number of nitrogens with zero attached hydrogens (tertiary/aromatic N) is 2. The van der Waals surface area contributed by atoms with E-state index < -0.39 is 0 Å². The van der Waals surface area contributed by atoms with Gasteiger partial charge in [0.1, 0.15) is 22.3 Å². The molecule has 2 heterocycles. The first-order valence-electron chi connectivity index (χ1n) is 9.08. The van der Waals surface area contributed by atoms with Crippen molar-refractivity contribution in [1.29, 1.82) is 0 Å². The van der Waals surface area contributed by atoms with Gasteiger partial charge in [0, 0.05) is 17.4 Å². The van der Waals surface area contributed by atoms with Gasteiger partial charge in [0.2, 0.25) is 0 Å². The van der Waals surface area contributed by atoms with Crippen molar-refractivity contribution in [3.05, 3.63) is 87.3 Å². The number of rotatable bonds is 5. The number of fused-ring (bicyclic) bond motifs is 1. The Kier molecular flexibility index (Phi) is 5.05. The fraction of sp³-hybridized carbons (Fsp3) is 0.182. The van der Waals surface area contributed by atoms with Crippen LogP contribution < -0.4 is 5.56 Å². The van der Waals surface area contributed by atoms with Gasteiger partial charge in [-0.05, 0) is 41.8 Å². The minimum absolute atomic E-state index is 0.154. The largest absolute Gasteiger partial charge is 0.292 e. The number of hydrogen-bond donors (Lipinski definition) is 0. The minimum atomic E-state index is -0.334. The van der Waals surface area contributed by atoms with E-state index >= 15 is 0 Å². The fourth-order valence-corrected chi connectivity index (χ4v) is 4.26. The van der Waals surface area contributed by atoms with E-state index in [-0.39, 0.29) is 23.7 Å². The zero-order valence-electron chi connectivity index (χ0n) is 15.3. The lowest BCUT2D eigenvalue weighted by atomic mass is 10.1. The van der Waals surface area contributed by atoms with Crippen LogP contribution in [0.2, 0.25) is 0 Å². The van der Waals surface area contributed by atoms with Crippen molar-refractivity contribution in [3.8, 4) is 11.1 Å². The Labute approximate surface area is 164 Å². The maximum absolute atomic E-state index is 13.6. The summed E-state index contributed by atoms with van der Waals surface area (Å²) in [6.07, 6.45) is 1.50. The molecule has 0 saturated carbocycles. The topological polar surface area (TPSA) is 34.9 Å². The normalized spacial score (nSPS) is 11.2. The summed E-state index contributed by atoms with van der Waals surface area (Å²) in [6.45, 7) is 2.29. The lowest BCUT2D eigenvalue weighted by Crippen LogP contribution is -2.25. The molecule has 0 N–H and O–H groups in total. The molecule has 0 spiro atoms. The van der Waals surface area contributed by atoms with Gasteiger partial charge in [-0.3, -0.25) is 9.36 Å². The van der Waals surface area contributed by atoms with Crippen LogP contribution >= 0.6 is 11.3 Å². The third kappa shape index (κ3) is 3.47. The Hall–Kier alpha value is -2.86. The van der Waals surface area contributed by atoms with Gasteiger partial charge >= 0.3 is 0 Å². The lowest BCUT2D eigenvalue weighted by molar-refractivity contribution is 0.618. The molecule has 28 heavy (non-hydrogen) atoms. The van der Waals surface area contributed by atoms with Crippen molar-refractivity contribution < 1.29 is 8.78 Å². The lowest BCUT2D eigenvalue weighted by Gasteiger charge is -2.13. The summed E-state index contributed by atoms with van der Waals surface area (Å²) in [7, 11) is 0. The maximum atomic E-state index is 13.6. The number of benzene rings is 2. The van der Waals surface area contributed by atoms with Gasteiger partial charge in [-0.2, -0.15) is 0 Å². The van der Waals surface area contributed by atoms with Gasteiger partial charge in [-0.1, -0.05) is 31.2 Å². The molecule has 2 aromatic heterocycles. The van der Waals surface area contributed by atoms with Gasteiger partial charge in [-0.25, -0.2) is 13.8 Å². The van der Waals surface area contributed by atoms with E-state index in [0.29, 0.717) is 28.0 Å². The van der Waals surface area contributed by atoms with Crippen LogP contribution in [0, 0.1) is 11.6 Å². The molecule has 0 amide bonds. The van der Waals surface area contributed by atoms with Crippen molar-refractivity contribution in [1.82, 2.24) is 9.55 Å².